The quantitative estimate of drug-likeness (QED) is 0.801. The van der Waals surface area contributed by atoms with Crippen LogP contribution in [0.4, 0.5) is 0 Å². The van der Waals surface area contributed by atoms with Crippen molar-refractivity contribution in [1.29, 1.82) is 0 Å². The van der Waals surface area contributed by atoms with E-state index in [0.717, 1.165) is 13.0 Å². The van der Waals surface area contributed by atoms with E-state index in [1.54, 1.807) is 0 Å². The van der Waals surface area contributed by atoms with Crippen molar-refractivity contribution >= 4 is 0 Å². The van der Waals surface area contributed by atoms with Crippen LogP contribution in [-0.4, -0.2) is 11.5 Å². The van der Waals surface area contributed by atoms with Crippen molar-refractivity contribution in [3.05, 3.63) is 29.6 Å². The number of hydrogen-bond donors (Lipinski definition) is 1. The Balaban J connectivity index is 2.98. The molecule has 1 aromatic heterocycles. The lowest BCUT2D eigenvalue weighted by atomic mass is 9.92. The molecule has 0 saturated carbocycles. The maximum absolute atomic E-state index is 4.19. The minimum atomic E-state index is 0.452. The first-order valence-corrected chi connectivity index (χ1v) is 5.86. The van der Waals surface area contributed by atoms with Crippen molar-refractivity contribution in [2.75, 3.05) is 6.54 Å². The van der Waals surface area contributed by atoms with Crippen LogP contribution in [0.2, 0.25) is 0 Å². The second-order valence-corrected chi connectivity index (χ2v) is 4.21. The van der Waals surface area contributed by atoms with E-state index in [1.807, 2.05) is 12.4 Å². The third kappa shape index (κ3) is 3.03. The van der Waals surface area contributed by atoms with Gasteiger partial charge in [-0.15, -0.1) is 0 Å². The van der Waals surface area contributed by atoms with Crippen LogP contribution >= 0.6 is 0 Å². The van der Waals surface area contributed by atoms with Crippen LogP contribution in [0.3, 0.4) is 0 Å². The molecule has 0 spiro atoms. The van der Waals surface area contributed by atoms with Gasteiger partial charge in [0.25, 0.3) is 0 Å². The van der Waals surface area contributed by atoms with Gasteiger partial charge in [0.05, 0.1) is 0 Å². The molecule has 0 aliphatic carbocycles. The van der Waals surface area contributed by atoms with E-state index in [9.17, 15) is 0 Å². The van der Waals surface area contributed by atoms with Gasteiger partial charge in [-0.05, 0) is 36.1 Å². The van der Waals surface area contributed by atoms with Crippen LogP contribution in [0.15, 0.2) is 18.5 Å². The third-order valence-corrected chi connectivity index (χ3v) is 2.75. The Bertz CT molecular complexity index is 294. The second-order valence-electron chi connectivity index (χ2n) is 4.21. The van der Waals surface area contributed by atoms with Crippen LogP contribution in [0.25, 0.3) is 0 Å². The summed E-state index contributed by atoms with van der Waals surface area (Å²) in [6, 6.07) is 2.60. The predicted molar refractivity (Wildman–Crippen MR) is 64.9 cm³/mol. The zero-order valence-electron chi connectivity index (χ0n) is 10.2. The van der Waals surface area contributed by atoms with E-state index in [1.165, 1.54) is 11.1 Å². The van der Waals surface area contributed by atoms with Crippen molar-refractivity contribution in [1.82, 2.24) is 10.3 Å². The highest BCUT2D eigenvalue weighted by Gasteiger charge is 2.16. The van der Waals surface area contributed by atoms with Gasteiger partial charge in [0.2, 0.25) is 0 Å². The Hall–Kier alpha value is -0.890. The topological polar surface area (TPSA) is 24.9 Å². The lowest BCUT2D eigenvalue weighted by Crippen LogP contribution is -2.26. The molecular formula is C13H22N2. The standard InChI is InChI=1S/C13H22N2/c1-5-11-9-14-8-7-12(11)13(10(3)4)15-6-2/h7-10,13,15H,5-6H2,1-4H3. The molecule has 1 atom stereocenters. The summed E-state index contributed by atoms with van der Waals surface area (Å²) in [6.45, 7) is 9.86. The molecule has 0 aliphatic rings. The van der Waals surface area contributed by atoms with Gasteiger partial charge < -0.3 is 5.32 Å². The van der Waals surface area contributed by atoms with Crippen molar-refractivity contribution in [2.24, 2.45) is 5.92 Å². The molecule has 1 unspecified atom stereocenters. The van der Waals surface area contributed by atoms with Gasteiger partial charge in [0, 0.05) is 18.4 Å². The average Bonchev–Trinajstić information content (AvgIpc) is 2.25. The highest BCUT2D eigenvalue weighted by atomic mass is 14.9. The normalized spacial score (nSPS) is 13.1. The molecule has 1 rings (SSSR count). The summed E-state index contributed by atoms with van der Waals surface area (Å²) in [5.74, 6) is 0.609. The monoisotopic (exact) mass is 206 g/mol. The smallest absolute Gasteiger partial charge is 0.0347 e. The fourth-order valence-corrected chi connectivity index (χ4v) is 1.96. The average molecular weight is 206 g/mol. The molecule has 1 aromatic rings. The van der Waals surface area contributed by atoms with Crippen LogP contribution < -0.4 is 5.32 Å². The lowest BCUT2D eigenvalue weighted by molar-refractivity contribution is 0.419. The lowest BCUT2D eigenvalue weighted by Gasteiger charge is -2.24. The summed E-state index contributed by atoms with van der Waals surface area (Å²) in [6.07, 6.45) is 4.93. The Morgan fingerprint density at radius 3 is 2.60 bits per heavy atom. The summed E-state index contributed by atoms with van der Waals surface area (Å²) in [7, 11) is 0. The van der Waals surface area contributed by atoms with Gasteiger partial charge in [-0.1, -0.05) is 27.7 Å². The summed E-state index contributed by atoms with van der Waals surface area (Å²) < 4.78 is 0. The molecule has 0 bridgehead atoms. The van der Waals surface area contributed by atoms with E-state index in [0.29, 0.717) is 12.0 Å². The van der Waals surface area contributed by atoms with Crippen molar-refractivity contribution in [3.63, 3.8) is 0 Å². The van der Waals surface area contributed by atoms with Crippen molar-refractivity contribution in [3.8, 4) is 0 Å². The van der Waals surface area contributed by atoms with Crippen LogP contribution in [0, 0.1) is 5.92 Å². The minimum absolute atomic E-state index is 0.452. The number of nitrogens with one attached hydrogen (secondary N) is 1. The number of nitrogens with zero attached hydrogens (tertiary/aromatic N) is 1. The zero-order valence-corrected chi connectivity index (χ0v) is 10.2. The fourth-order valence-electron chi connectivity index (χ4n) is 1.96. The van der Waals surface area contributed by atoms with E-state index in [4.69, 9.17) is 0 Å². The summed E-state index contributed by atoms with van der Waals surface area (Å²) in [4.78, 5) is 4.19. The molecule has 0 aliphatic heterocycles. The summed E-state index contributed by atoms with van der Waals surface area (Å²) >= 11 is 0. The van der Waals surface area contributed by atoms with Crippen LogP contribution in [0.1, 0.15) is 44.9 Å². The fraction of sp³-hybridized carbons (Fsp3) is 0.615. The SMILES string of the molecule is CCNC(c1ccncc1CC)C(C)C. The van der Waals surface area contributed by atoms with Crippen LogP contribution in [0.5, 0.6) is 0 Å². The Kier molecular flexibility index (Phi) is 4.76. The highest BCUT2D eigenvalue weighted by Crippen LogP contribution is 2.24. The van der Waals surface area contributed by atoms with Gasteiger partial charge in [-0.3, -0.25) is 4.98 Å². The minimum Gasteiger partial charge on any atom is -0.310 e. The van der Waals surface area contributed by atoms with Gasteiger partial charge in [-0.25, -0.2) is 0 Å². The molecule has 0 saturated heterocycles. The van der Waals surface area contributed by atoms with E-state index >= 15 is 0 Å². The molecule has 2 nitrogen and oxygen atoms in total. The van der Waals surface area contributed by atoms with E-state index in [2.05, 4.69) is 44.1 Å². The van der Waals surface area contributed by atoms with E-state index in [-0.39, 0.29) is 0 Å². The largest absolute Gasteiger partial charge is 0.310 e. The number of rotatable bonds is 5. The highest BCUT2D eigenvalue weighted by molar-refractivity contribution is 5.27. The molecule has 1 N–H and O–H groups in total. The number of pyridine rings is 1. The number of hydrogen-bond acceptors (Lipinski definition) is 2. The first-order valence-electron chi connectivity index (χ1n) is 5.86. The zero-order chi connectivity index (χ0) is 11.3. The van der Waals surface area contributed by atoms with Crippen molar-refractivity contribution < 1.29 is 0 Å². The molecule has 1 heterocycles. The van der Waals surface area contributed by atoms with Crippen LogP contribution in [-0.2, 0) is 6.42 Å². The Morgan fingerprint density at radius 2 is 2.07 bits per heavy atom. The number of aromatic nitrogens is 1. The van der Waals surface area contributed by atoms with E-state index < -0.39 is 0 Å². The molecule has 2 heteroatoms. The first kappa shape index (κ1) is 12.2. The van der Waals surface area contributed by atoms with Gasteiger partial charge in [0.15, 0.2) is 0 Å². The Labute approximate surface area is 93.1 Å². The molecular weight excluding hydrogens is 184 g/mol. The van der Waals surface area contributed by atoms with Gasteiger partial charge in [0.1, 0.15) is 0 Å². The number of aryl methyl sites for hydroxylation is 1. The molecule has 0 fully saturated rings. The Morgan fingerprint density at radius 1 is 1.33 bits per heavy atom. The maximum Gasteiger partial charge on any atom is 0.0347 e. The van der Waals surface area contributed by atoms with Gasteiger partial charge >= 0.3 is 0 Å². The van der Waals surface area contributed by atoms with Crippen molar-refractivity contribution in [2.45, 2.75) is 40.2 Å². The molecule has 0 radical (unpaired) electrons. The third-order valence-electron chi connectivity index (χ3n) is 2.75. The molecule has 84 valence electrons. The molecule has 0 aromatic carbocycles. The predicted octanol–water partition coefficient (Wildman–Crippen LogP) is 2.95. The summed E-state index contributed by atoms with van der Waals surface area (Å²) in [5, 5.41) is 3.55. The maximum atomic E-state index is 4.19. The first-order chi connectivity index (χ1) is 7.20. The van der Waals surface area contributed by atoms with Gasteiger partial charge in [-0.2, -0.15) is 0 Å². The second kappa shape index (κ2) is 5.86. The summed E-state index contributed by atoms with van der Waals surface area (Å²) in [5.41, 5.74) is 2.77. The molecule has 15 heavy (non-hydrogen) atoms. The molecule has 0 amide bonds.